The van der Waals surface area contributed by atoms with E-state index in [1.54, 1.807) is 19.1 Å². The van der Waals surface area contributed by atoms with Crippen molar-refractivity contribution in [1.82, 2.24) is 14.8 Å². The number of hydrogen-bond donors (Lipinski definition) is 1. The van der Waals surface area contributed by atoms with E-state index < -0.39 is 10.0 Å². The lowest BCUT2D eigenvalue weighted by Crippen LogP contribution is -2.31. The van der Waals surface area contributed by atoms with Crippen LogP contribution in [0.15, 0.2) is 32.2 Å². The first-order valence-electron chi connectivity index (χ1n) is 6.06. The van der Waals surface area contributed by atoms with Gasteiger partial charge in [-0.3, -0.25) is 0 Å². The average molecular weight is 299 g/mol. The highest BCUT2D eigenvalue weighted by Crippen LogP contribution is 2.24. The van der Waals surface area contributed by atoms with E-state index in [9.17, 15) is 8.42 Å². The van der Waals surface area contributed by atoms with Crippen LogP contribution in [0.25, 0.3) is 11.5 Å². The highest BCUT2D eigenvalue weighted by atomic mass is 32.2. The summed E-state index contributed by atoms with van der Waals surface area (Å²) in [6, 6.07) is 4.61. The highest BCUT2D eigenvalue weighted by molar-refractivity contribution is 7.89. The first-order valence-corrected chi connectivity index (χ1v) is 7.55. The molecule has 2 aromatic rings. The third-order valence-corrected chi connectivity index (χ3v) is 3.90. The molecule has 7 nitrogen and oxygen atoms in total. The van der Waals surface area contributed by atoms with Crippen LogP contribution in [0, 0.1) is 6.92 Å². The Bertz CT molecular complexity index is 672. The second-order valence-corrected chi connectivity index (χ2v) is 6.35. The summed E-state index contributed by atoms with van der Waals surface area (Å²) in [6.45, 7) is 2.69. The Labute approximate surface area is 117 Å². The zero-order valence-corrected chi connectivity index (χ0v) is 12.4. The van der Waals surface area contributed by atoms with Gasteiger partial charge in [-0.25, -0.2) is 13.1 Å². The fourth-order valence-electron chi connectivity index (χ4n) is 1.55. The topological polar surface area (TPSA) is 88.6 Å². The molecule has 0 aliphatic rings. The molecule has 0 unspecified atom stereocenters. The summed E-state index contributed by atoms with van der Waals surface area (Å²) in [4.78, 5) is 1.88. The molecule has 0 aliphatic carbocycles. The monoisotopic (exact) mass is 299 g/mol. The summed E-state index contributed by atoms with van der Waals surface area (Å²) in [5.41, 5.74) is 0.699. The van der Waals surface area contributed by atoms with Gasteiger partial charge in [-0.15, -0.1) is 0 Å². The molecule has 0 amide bonds. The number of nitrogens with zero attached hydrogens (tertiary/aromatic N) is 2. The number of hydrogen-bond acceptors (Lipinski definition) is 6. The molecule has 0 bridgehead atoms. The molecule has 20 heavy (non-hydrogen) atoms. The van der Waals surface area contributed by atoms with Crippen LogP contribution in [0.4, 0.5) is 0 Å². The van der Waals surface area contributed by atoms with Crippen molar-refractivity contribution in [1.29, 1.82) is 0 Å². The van der Waals surface area contributed by atoms with E-state index in [1.807, 2.05) is 19.0 Å². The number of likely N-dealkylation sites (N-methyl/N-ethyl adjacent to an activating group) is 1. The quantitative estimate of drug-likeness (QED) is 0.858. The molecular weight excluding hydrogens is 282 g/mol. The summed E-state index contributed by atoms with van der Waals surface area (Å²) >= 11 is 0. The minimum Gasteiger partial charge on any atom is -0.440 e. The first-order chi connectivity index (χ1) is 9.38. The van der Waals surface area contributed by atoms with Gasteiger partial charge in [-0.1, -0.05) is 5.16 Å². The van der Waals surface area contributed by atoms with Crippen molar-refractivity contribution in [2.24, 2.45) is 0 Å². The maximum atomic E-state index is 12.0. The summed E-state index contributed by atoms with van der Waals surface area (Å²) in [5.74, 6) is 0.732. The SMILES string of the molecule is Cc1cc(-c2ccc(S(=O)(=O)NCCN(C)C)o2)on1. The van der Waals surface area contributed by atoms with Crippen LogP contribution in [0.2, 0.25) is 0 Å². The van der Waals surface area contributed by atoms with E-state index in [1.165, 1.54) is 6.07 Å². The normalized spacial score (nSPS) is 12.2. The number of sulfonamides is 1. The van der Waals surface area contributed by atoms with Gasteiger partial charge < -0.3 is 13.8 Å². The fourth-order valence-corrected chi connectivity index (χ4v) is 2.50. The largest absolute Gasteiger partial charge is 0.440 e. The summed E-state index contributed by atoms with van der Waals surface area (Å²) < 4.78 is 36.8. The van der Waals surface area contributed by atoms with Gasteiger partial charge in [-0.2, -0.15) is 0 Å². The predicted molar refractivity (Wildman–Crippen MR) is 72.7 cm³/mol. The van der Waals surface area contributed by atoms with Gasteiger partial charge in [0.2, 0.25) is 10.9 Å². The minimum atomic E-state index is -3.64. The second-order valence-electron chi connectivity index (χ2n) is 4.65. The Hall–Kier alpha value is -1.64. The molecule has 0 saturated heterocycles. The molecule has 1 N–H and O–H groups in total. The second kappa shape index (κ2) is 5.78. The van der Waals surface area contributed by atoms with E-state index in [0.29, 0.717) is 30.3 Å². The smallest absolute Gasteiger partial charge is 0.274 e. The maximum absolute atomic E-state index is 12.0. The third-order valence-electron chi connectivity index (χ3n) is 2.57. The molecule has 8 heteroatoms. The van der Waals surface area contributed by atoms with Gasteiger partial charge in [0.1, 0.15) is 0 Å². The Morgan fingerprint density at radius 1 is 1.30 bits per heavy atom. The first kappa shape index (κ1) is 14.8. The molecule has 2 aromatic heterocycles. The van der Waals surface area contributed by atoms with Gasteiger partial charge in [0, 0.05) is 19.2 Å². The van der Waals surface area contributed by atoms with Crippen molar-refractivity contribution in [2.45, 2.75) is 12.0 Å². The van der Waals surface area contributed by atoms with E-state index in [-0.39, 0.29) is 5.09 Å². The molecule has 2 heterocycles. The van der Waals surface area contributed by atoms with Crippen LogP contribution >= 0.6 is 0 Å². The van der Waals surface area contributed by atoms with E-state index >= 15 is 0 Å². The Kier molecular flexibility index (Phi) is 4.26. The van der Waals surface area contributed by atoms with E-state index in [4.69, 9.17) is 8.94 Å². The third kappa shape index (κ3) is 3.47. The summed E-state index contributed by atoms with van der Waals surface area (Å²) in [6.07, 6.45) is 0. The van der Waals surface area contributed by atoms with Crippen LogP contribution in [-0.4, -0.2) is 45.7 Å². The van der Waals surface area contributed by atoms with Crippen molar-refractivity contribution in [2.75, 3.05) is 27.2 Å². The van der Waals surface area contributed by atoms with Gasteiger partial charge in [-0.05, 0) is 33.2 Å². The molecule has 0 atom stereocenters. The van der Waals surface area contributed by atoms with Gasteiger partial charge in [0.15, 0.2) is 5.76 Å². The zero-order valence-electron chi connectivity index (χ0n) is 11.6. The van der Waals surface area contributed by atoms with Crippen molar-refractivity contribution in [3.8, 4) is 11.5 Å². The fraction of sp³-hybridized carbons (Fsp3) is 0.417. The number of aromatic nitrogens is 1. The number of aryl methyl sites for hydroxylation is 1. The number of furan rings is 1. The van der Waals surface area contributed by atoms with Gasteiger partial charge >= 0.3 is 0 Å². The molecule has 0 aromatic carbocycles. The Balaban J connectivity index is 2.11. The molecule has 0 fully saturated rings. The van der Waals surface area contributed by atoms with Crippen molar-refractivity contribution in [3.63, 3.8) is 0 Å². The number of rotatable bonds is 6. The lowest BCUT2D eigenvalue weighted by molar-refractivity contribution is 0.394. The molecular formula is C12H17N3O4S. The van der Waals surface area contributed by atoms with Crippen molar-refractivity contribution < 1.29 is 17.4 Å². The molecule has 0 aliphatic heterocycles. The van der Waals surface area contributed by atoms with Crippen LogP contribution < -0.4 is 4.72 Å². The van der Waals surface area contributed by atoms with E-state index in [2.05, 4.69) is 9.88 Å². The Morgan fingerprint density at radius 2 is 2.05 bits per heavy atom. The summed E-state index contributed by atoms with van der Waals surface area (Å²) in [5, 5.41) is 3.59. The van der Waals surface area contributed by atoms with Gasteiger partial charge in [0.25, 0.3) is 10.0 Å². The van der Waals surface area contributed by atoms with Crippen molar-refractivity contribution >= 4 is 10.0 Å². The van der Waals surface area contributed by atoms with E-state index in [0.717, 1.165) is 0 Å². The molecule has 2 rings (SSSR count). The lowest BCUT2D eigenvalue weighted by atomic mass is 10.3. The molecule has 0 saturated carbocycles. The van der Waals surface area contributed by atoms with Crippen LogP contribution in [-0.2, 0) is 10.0 Å². The number of nitrogens with one attached hydrogen (secondary N) is 1. The molecule has 110 valence electrons. The van der Waals surface area contributed by atoms with Crippen LogP contribution in [0.5, 0.6) is 0 Å². The Morgan fingerprint density at radius 3 is 2.65 bits per heavy atom. The standard InChI is InChI=1S/C12H17N3O4S/c1-9-8-11(19-14-9)10-4-5-12(18-10)20(16,17)13-6-7-15(2)3/h4-5,8,13H,6-7H2,1-3H3. The lowest BCUT2D eigenvalue weighted by Gasteiger charge is -2.09. The highest BCUT2D eigenvalue weighted by Gasteiger charge is 2.20. The van der Waals surface area contributed by atoms with Gasteiger partial charge in [0.05, 0.1) is 5.69 Å². The summed E-state index contributed by atoms with van der Waals surface area (Å²) in [7, 11) is 0.0915. The average Bonchev–Trinajstić information content (AvgIpc) is 2.96. The zero-order chi connectivity index (χ0) is 14.8. The van der Waals surface area contributed by atoms with Crippen LogP contribution in [0.1, 0.15) is 5.69 Å². The predicted octanol–water partition coefficient (Wildman–Crippen LogP) is 1.08. The van der Waals surface area contributed by atoms with Crippen molar-refractivity contribution in [3.05, 3.63) is 23.9 Å². The maximum Gasteiger partial charge on any atom is 0.274 e. The molecule has 0 radical (unpaired) electrons. The molecule has 0 spiro atoms. The minimum absolute atomic E-state index is 0.139. The van der Waals surface area contributed by atoms with Crippen LogP contribution in [0.3, 0.4) is 0 Å².